The van der Waals surface area contributed by atoms with Gasteiger partial charge in [-0.1, -0.05) is 12.1 Å². The molecule has 2 aromatic carbocycles. The van der Waals surface area contributed by atoms with Gasteiger partial charge in [-0.25, -0.2) is 12.8 Å². The van der Waals surface area contributed by atoms with Crippen LogP contribution in [0.1, 0.15) is 28.8 Å². The minimum Gasteiger partial charge on any atom is -0.316 e. The highest BCUT2D eigenvalue weighted by Gasteiger charge is 2.29. The van der Waals surface area contributed by atoms with Crippen molar-refractivity contribution < 1.29 is 17.6 Å². The molecule has 0 spiro atoms. The van der Waals surface area contributed by atoms with E-state index in [1.165, 1.54) is 12.1 Å². The molecule has 1 unspecified atom stereocenters. The number of Topliss-reactive ketones (excluding diaryl/α,β-unsaturated/α-hetero) is 1. The van der Waals surface area contributed by atoms with Crippen LogP contribution in [0.15, 0.2) is 67.0 Å². The first-order chi connectivity index (χ1) is 15.8. The number of benzene rings is 2. The molecule has 1 fully saturated rings. The van der Waals surface area contributed by atoms with Gasteiger partial charge in [-0.05, 0) is 67.3 Å². The summed E-state index contributed by atoms with van der Waals surface area (Å²) in [5.41, 5.74) is 4.93. The van der Waals surface area contributed by atoms with Crippen LogP contribution in [0.5, 0.6) is 0 Å². The number of halogens is 1. The molecule has 7 heteroatoms. The second-order valence-corrected chi connectivity index (χ2v) is 11.0. The number of aryl methyl sites for hydroxylation is 1. The van der Waals surface area contributed by atoms with Crippen LogP contribution in [-0.4, -0.2) is 35.3 Å². The molecule has 1 saturated heterocycles. The van der Waals surface area contributed by atoms with E-state index in [0.717, 1.165) is 33.4 Å². The SMILES string of the molecule is Cc1ccnc(-c2cn(-c3ccc(F)cc3)c3cc(C(=O)CC4CCS(=O)(=O)C4)ccc23)c1. The van der Waals surface area contributed by atoms with Crippen LogP contribution in [0.3, 0.4) is 0 Å². The van der Waals surface area contributed by atoms with Crippen molar-refractivity contribution in [3.8, 4) is 16.9 Å². The molecule has 0 N–H and O–H groups in total. The number of rotatable bonds is 5. The van der Waals surface area contributed by atoms with Gasteiger partial charge in [0, 0.05) is 41.0 Å². The second-order valence-electron chi connectivity index (χ2n) is 8.74. The average Bonchev–Trinajstić information content (AvgIpc) is 3.33. The summed E-state index contributed by atoms with van der Waals surface area (Å²) in [5, 5.41) is 0.928. The highest BCUT2D eigenvalue weighted by molar-refractivity contribution is 7.91. The van der Waals surface area contributed by atoms with E-state index in [4.69, 9.17) is 0 Å². The van der Waals surface area contributed by atoms with Crippen molar-refractivity contribution in [2.45, 2.75) is 19.8 Å². The lowest BCUT2D eigenvalue weighted by atomic mass is 9.97. The van der Waals surface area contributed by atoms with E-state index in [9.17, 15) is 17.6 Å². The summed E-state index contributed by atoms with van der Waals surface area (Å²) in [4.78, 5) is 17.5. The molecule has 33 heavy (non-hydrogen) atoms. The molecule has 0 bridgehead atoms. The van der Waals surface area contributed by atoms with Gasteiger partial charge in [0.2, 0.25) is 0 Å². The summed E-state index contributed by atoms with van der Waals surface area (Å²) < 4.78 is 39.0. The Morgan fingerprint density at radius 2 is 1.91 bits per heavy atom. The molecular formula is C26H23FN2O3S. The van der Waals surface area contributed by atoms with Crippen LogP contribution < -0.4 is 0 Å². The van der Waals surface area contributed by atoms with Gasteiger partial charge in [0.25, 0.3) is 0 Å². The first-order valence-corrected chi connectivity index (χ1v) is 12.7. The average molecular weight is 463 g/mol. The molecule has 168 valence electrons. The number of pyridine rings is 1. The van der Waals surface area contributed by atoms with Gasteiger partial charge in [-0.15, -0.1) is 0 Å². The molecule has 0 radical (unpaired) electrons. The zero-order chi connectivity index (χ0) is 23.2. The van der Waals surface area contributed by atoms with Crippen LogP contribution >= 0.6 is 0 Å². The molecule has 5 nitrogen and oxygen atoms in total. The summed E-state index contributed by atoms with van der Waals surface area (Å²) in [6.07, 6.45) is 4.47. The lowest BCUT2D eigenvalue weighted by Crippen LogP contribution is -2.10. The quantitative estimate of drug-likeness (QED) is 0.385. The van der Waals surface area contributed by atoms with Gasteiger partial charge >= 0.3 is 0 Å². The summed E-state index contributed by atoms with van der Waals surface area (Å²) in [5.74, 6) is -0.284. The third-order valence-corrected chi connectivity index (χ3v) is 8.06. The monoisotopic (exact) mass is 462 g/mol. The molecule has 1 aliphatic heterocycles. The Kier molecular flexibility index (Phi) is 5.37. The highest BCUT2D eigenvalue weighted by Crippen LogP contribution is 2.33. The maximum absolute atomic E-state index is 13.5. The molecule has 2 aromatic heterocycles. The maximum atomic E-state index is 13.5. The number of carbonyl (C=O) groups excluding carboxylic acids is 1. The smallest absolute Gasteiger partial charge is 0.163 e. The van der Waals surface area contributed by atoms with Crippen LogP contribution in [0, 0.1) is 18.7 Å². The molecular weight excluding hydrogens is 439 g/mol. The minimum absolute atomic E-state index is 0.0684. The van der Waals surface area contributed by atoms with Gasteiger partial charge in [0.15, 0.2) is 15.6 Å². The summed E-state index contributed by atoms with van der Waals surface area (Å²) >= 11 is 0. The highest BCUT2D eigenvalue weighted by atomic mass is 32.2. The molecule has 0 saturated carbocycles. The summed E-state index contributed by atoms with van der Waals surface area (Å²) in [7, 11) is -3.03. The van der Waals surface area contributed by atoms with Gasteiger partial charge < -0.3 is 4.57 Å². The number of aromatic nitrogens is 2. The number of ketones is 1. The largest absolute Gasteiger partial charge is 0.316 e. The van der Waals surface area contributed by atoms with Crippen molar-refractivity contribution in [1.29, 1.82) is 0 Å². The van der Waals surface area contributed by atoms with E-state index in [1.807, 2.05) is 42.0 Å². The molecule has 0 amide bonds. The fourth-order valence-corrected chi connectivity index (χ4v) is 6.38. The lowest BCUT2D eigenvalue weighted by molar-refractivity contribution is 0.0966. The maximum Gasteiger partial charge on any atom is 0.163 e. The fourth-order valence-electron chi connectivity index (χ4n) is 4.52. The fraction of sp³-hybridized carbons (Fsp3) is 0.231. The van der Waals surface area contributed by atoms with Crippen molar-refractivity contribution in [3.05, 3.63) is 83.9 Å². The van der Waals surface area contributed by atoms with Crippen molar-refractivity contribution >= 4 is 26.5 Å². The first-order valence-electron chi connectivity index (χ1n) is 10.9. The van der Waals surface area contributed by atoms with E-state index in [-0.39, 0.29) is 35.4 Å². The Morgan fingerprint density at radius 3 is 2.61 bits per heavy atom. The zero-order valence-electron chi connectivity index (χ0n) is 18.2. The lowest BCUT2D eigenvalue weighted by Gasteiger charge is -2.09. The molecule has 1 atom stereocenters. The summed E-state index contributed by atoms with van der Waals surface area (Å²) in [6.45, 7) is 2.00. The Bertz CT molecular complexity index is 1470. The molecule has 3 heterocycles. The van der Waals surface area contributed by atoms with Gasteiger partial charge in [0.05, 0.1) is 22.7 Å². The van der Waals surface area contributed by atoms with E-state index in [1.54, 1.807) is 24.4 Å². The summed E-state index contributed by atoms with van der Waals surface area (Å²) in [6, 6.07) is 15.7. The van der Waals surface area contributed by atoms with E-state index in [0.29, 0.717) is 12.0 Å². The predicted octanol–water partition coefficient (Wildman–Crippen LogP) is 5.15. The third-order valence-electron chi connectivity index (χ3n) is 6.22. The molecule has 4 aromatic rings. The van der Waals surface area contributed by atoms with E-state index < -0.39 is 9.84 Å². The topological polar surface area (TPSA) is 69.0 Å². The number of sulfone groups is 1. The molecule has 1 aliphatic rings. The first kappa shape index (κ1) is 21.5. The van der Waals surface area contributed by atoms with Crippen molar-refractivity contribution in [1.82, 2.24) is 9.55 Å². The van der Waals surface area contributed by atoms with E-state index in [2.05, 4.69) is 4.98 Å². The van der Waals surface area contributed by atoms with E-state index >= 15 is 0 Å². The van der Waals surface area contributed by atoms with Crippen LogP contribution in [0.2, 0.25) is 0 Å². The minimum atomic E-state index is -3.03. The number of hydrogen-bond donors (Lipinski definition) is 0. The Hall–Kier alpha value is -3.32. The van der Waals surface area contributed by atoms with Crippen LogP contribution in [-0.2, 0) is 9.84 Å². The Morgan fingerprint density at radius 1 is 1.12 bits per heavy atom. The number of carbonyl (C=O) groups is 1. The zero-order valence-corrected chi connectivity index (χ0v) is 19.0. The van der Waals surface area contributed by atoms with Gasteiger partial charge in [0.1, 0.15) is 5.82 Å². The van der Waals surface area contributed by atoms with Crippen LogP contribution in [0.4, 0.5) is 4.39 Å². The van der Waals surface area contributed by atoms with Crippen molar-refractivity contribution in [2.24, 2.45) is 5.92 Å². The third kappa shape index (κ3) is 4.33. The predicted molar refractivity (Wildman–Crippen MR) is 127 cm³/mol. The standard InChI is InChI=1S/C26H23FN2O3S/c1-17-8-10-28-24(12-17)23-15-29(21-5-3-20(27)4-6-21)25-14-19(2-7-22(23)25)26(30)13-18-9-11-33(31,32)16-18/h2-8,10,12,14-15,18H,9,11,13,16H2,1H3. The normalized spacial score (nSPS) is 17.5. The molecule has 0 aliphatic carbocycles. The van der Waals surface area contributed by atoms with Gasteiger partial charge in [-0.3, -0.25) is 9.78 Å². The van der Waals surface area contributed by atoms with Crippen molar-refractivity contribution in [2.75, 3.05) is 11.5 Å². The number of fused-ring (bicyclic) bond motifs is 1. The Balaban J connectivity index is 1.59. The number of nitrogens with zero attached hydrogens (tertiary/aromatic N) is 2. The molecule has 5 rings (SSSR count). The second kappa shape index (κ2) is 8.23. The number of hydrogen-bond acceptors (Lipinski definition) is 4. The van der Waals surface area contributed by atoms with Crippen molar-refractivity contribution in [3.63, 3.8) is 0 Å². The van der Waals surface area contributed by atoms with Crippen LogP contribution in [0.25, 0.3) is 27.8 Å². The van der Waals surface area contributed by atoms with Gasteiger partial charge in [-0.2, -0.15) is 0 Å². The Labute approximate surface area is 191 Å².